The van der Waals surface area contributed by atoms with Crippen LogP contribution in [0, 0.1) is 5.92 Å². The van der Waals surface area contributed by atoms with Crippen LogP contribution in [-0.4, -0.2) is 14.3 Å². The van der Waals surface area contributed by atoms with E-state index in [0.29, 0.717) is 5.69 Å². The maximum absolute atomic E-state index is 12.8. The molecule has 2 N–H and O–H groups in total. The van der Waals surface area contributed by atoms with Crippen molar-refractivity contribution in [2.75, 3.05) is 10.0 Å². The molecule has 1 fully saturated rings. The van der Waals surface area contributed by atoms with Crippen molar-refractivity contribution in [3.8, 4) is 0 Å². The second-order valence-electron chi connectivity index (χ2n) is 5.98. The molecule has 1 aliphatic rings. The molecule has 0 heterocycles. The Morgan fingerprint density at radius 1 is 1.00 bits per heavy atom. The van der Waals surface area contributed by atoms with E-state index in [1.165, 1.54) is 24.3 Å². The average molecular weight is 384 g/mol. The highest BCUT2D eigenvalue weighted by Crippen LogP contribution is 2.32. The van der Waals surface area contributed by atoms with Crippen LogP contribution in [0.15, 0.2) is 53.4 Å². The summed E-state index contributed by atoms with van der Waals surface area (Å²) >= 11 is 0. The van der Waals surface area contributed by atoms with Gasteiger partial charge in [-0.05, 0) is 49.2 Å². The highest BCUT2D eigenvalue weighted by Gasteiger charge is 2.31. The Bertz CT molecular complexity index is 938. The van der Waals surface area contributed by atoms with E-state index in [1.807, 2.05) is 0 Å². The first-order chi connectivity index (χ1) is 12.1. The standard InChI is InChI=1S/C17H15F3N2O3S/c18-17(19,20)12-3-1-5-14(9-12)22-26(24,25)15-6-2-4-13(10-15)21-16(23)11-7-8-11/h1-6,9-11,22H,7-8H2,(H,21,23). The van der Waals surface area contributed by atoms with Gasteiger partial charge in [-0.2, -0.15) is 13.2 Å². The molecule has 2 aromatic rings. The van der Waals surface area contributed by atoms with E-state index < -0.39 is 21.8 Å². The molecule has 0 radical (unpaired) electrons. The predicted octanol–water partition coefficient (Wildman–Crippen LogP) is 3.85. The summed E-state index contributed by atoms with van der Waals surface area (Å²) in [5.74, 6) is -0.219. The number of hydrogen-bond donors (Lipinski definition) is 2. The molecular weight excluding hydrogens is 369 g/mol. The van der Waals surface area contributed by atoms with Crippen LogP contribution in [0.4, 0.5) is 24.5 Å². The summed E-state index contributed by atoms with van der Waals surface area (Å²) in [6, 6.07) is 9.46. The minimum absolute atomic E-state index is 0.0431. The van der Waals surface area contributed by atoms with Gasteiger partial charge in [0.1, 0.15) is 0 Å². The van der Waals surface area contributed by atoms with Crippen molar-refractivity contribution in [3.05, 3.63) is 54.1 Å². The van der Waals surface area contributed by atoms with Gasteiger partial charge in [-0.3, -0.25) is 9.52 Å². The SMILES string of the molecule is O=C(Nc1cccc(S(=O)(=O)Nc2cccc(C(F)(F)F)c2)c1)C1CC1. The number of halogens is 3. The molecular formula is C17H15F3N2O3S. The Kier molecular flexibility index (Phi) is 4.66. The highest BCUT2D eigenvalue weighted by atomic mass is 32.2. The zero-order chi connectivity index (χ0) is 18.9. The van der Waals surface area contributed by atoms with Gasteiger partial charge in [-0.1, -0.05) is 12.1 Å². The summed E-state index contributed by atoms with van der Waals surface area (Å²) < 4.78 is 65.3. The lowest BCUT2D eigenvalue weighted by atomic mass is 10.2. The summed E-state index contributed by atoms with van der Waals surface area (Å²) in [5, 5.41) is 2.63. The van der Waals surface area contributed by atoms with Crippen LogP contribution in [0.5, 0.6) is 0 Å². The largest absolute Gasteiger partial charge is 0.416 e. The Balaban J connectivity index is 1.81. The van der Waals surface area contributed by atoms with Crippen LogP contribution in [-0.2, 0) is 21.0 Å². The molecule has 1 amide bonds. The zero-order valence-corrected chi connectivity index (χ0v) is 14.2. The minimum atomic E-state index is -4.57. The molecule has 0 aliphatic heterocycles. The third kappa shape index (κ3) is 4.34. The van der Waals surface area contributed by atoms with E-state index in [-0.39, 0.29) is 22.4 Å². The first-order valence-corrected chi connectivity index (χ1v) is 9.24. The number of rotatable bonds is 5. The Hall–Kier alpha value is -2.55. The zero-order valence-electron chi connectivity index (χ0n) is 13.4. The highest BCUT2D eigenvalue weighted by molar-refractivity contribution is 7.92. The molecule has 1 saturated carbocycles. The number of sulfonamides is 1. The number of amides is 1. The lowest BCUT2D eigenvalue weighted by Gasteiger charge is -2.12. The molecule has 5 nitrogen and oxygen atoms in total. The Morgan fingerprint density at radius 2 is 1.65 bits per heavy atom. The van der Waals surface area contributed by atoms with Gasteiger partial charge in [-0.15, -0.1) is 0 Å². The lowest BCUT2D eigenvalue weighted by molar-refractivity contribution is -0.137. The van der Waals surface area contributed by atoms with Crippen molar-refractivity contribution in [2.45, 2.75) is 23.9 Å². The van der Waals surface area contributed by atoms with Gasteiger partial charge in [0, 0.05) is 17.3 Å². The maximum atomic E-state index is 12.8. The lowest BCUT2D eigenvalue weighted by Crippen LogP contribution is -2.16. The number of carbonyl (C=O) groups is 1. The van der Waals surface area contributed by atoms with E-state index in [1.54, 1.807) is 6.07 Å². The van der Waals surface area contributed by atoms with Gasteiger partial charge < -0.3 is 5.32 Å². The van der Waals surface area contributed by atoms with Crippen molar-refractivity contribution in [2.24, 2.45) is 5.92 Å². The number of nitrogens with one attached hydrogen (secondary N) is 2. The quantitative estimate of drug-likeness (QED) is 0.822. The van der Waals surface area contributed by atoms with Gasteiger partial charge in [0.2, 0.25) is 5.91 Å². The summed E-state index contributed by atoms with van der Waals surface area (Å²) in [5.41, 5.74) is -0.843. The third-order valence-corrected chi connectivity index (χ3v) is 5.18. The van der Waals surface area contributed by atoms with Crippen molar-refractivity contribution >= 4 is 27.3 Å². The second-order valence-corrected chi connectivity index (χ2v) is 7.66. The Morgan fingerprint density at radius 3 is 2.31 bits per heavy atom. The third-order valence-electron chi connectivity index (χ3n) is 3.80. The van der Waals surface area contributed by atoms with Crippen LogP contribution < -0.4 is 10.0 Å². The number of carbonyl (C=O) groups excluding carboxylic acids is 1. The van der Waals surface area contributed by atoms with Crippen molar-refractivity contribution in [3.63, 3.8) is 0 Å². The van der Waals surface area contributed by atoms with Crippen molar-refractivity contribution in [1.82, 2.24) is 0 Å². The monoisotopic (exact) mass is 384 g/mol. The number of alkyl halides is 3. The van der Waals surface area contributed by atoms with Gasteiger partial charge in [0.15, 0.2) is 0 Å². The van der Waals surface area contributed by atoms with Gasteiger partial charge in [0.25, 0.3) is 10.0 Å². The number of anilines is 2. The first-order valence-electron chi connectivity index (χ1n) is 7.76. The van der Waals surface area contributed by atoms with Crippen LogP contribution in [0.2, 0.25) is 0 Å². The van der Waals surface area contributed by atoms with Crippen molar-refractivity contribution in [1.29, 1.82) is 0 Å². The van der Waals surface area contributed by atoms with Crippen LogP contribution in [0.1, 0.15) is 18.4 Å². The molecule has 9 heteroatoms. The molecule has 0 atom stereocenters. The molecule has 0 bridgehead atoms. The fourth-order valence-electron chi connectivity index (χ4n) is 2.30. The fraction of sp³-hybridized carbons (Fsp3) is 0.235. The smallest absolute Gasteiger partial charge is 0.326 e. The summed E-state index contributed by atoms with van der Waals surface area (Å²) in [4.78, 5) is 11.6. The van der Waals surface area contributed by atoms with Crippen LogP contribution in [0.25, 0.3) is 0 Å². The van der Waals surface area contributed by atoms with E-state index in [9.17, 15) is 26.4 Å². The molecule has 26 heavy (non-hydrogen) atoms. The number of benzene rings is 2. The van der Waals surface area contributed by atoms with Crippen LogP contribution in [0.3, 0.4) is 0 Å². The predicted molar refractivity (Wildman–Crippen MR) is 90.0 cm³/mol. The first kappa shape index (κ1) is 18.2. The topological polar surface area (TPSA) is 75.3 Å². The second kappa shape index (κ2) is 6.64. The van der Waals surface area contributed by atoms with E-state index in [0.717, 1.165) is 31.0 Å². The average Bonchev–Trinajstić information content (AvgIpc) is 3.39. The van der Waals surface area contributed by atoms with E-state index in [4.69, 9.17) is 0 Å². The number of hydrogen-bond acceptors (Lipinski definition) is 3. The Labute approximate surface area is 148 Å². The van der Waals surface area contributed by atoms with Crippen LogP contribution >= 0.6 is 0 Å². The normalized spacial score (nSPS) is 14.7. The van der Waals surface area contributed by atoms with Crippen molar-refractivity contribution < 1.29 is 26.4 Å². The van der Waals surface area contributed by atoms with Gasteiger partial charge >= 0.3 is 6.18 Å². The molecule has 0 saturated heterocycles. The van der Waals surface area contributed by atoms with E-state index >= 15 is 0 Å². The summed E-state index contributed by atoms with van der Waals surface area (Å²) in [6.07, 6.45) is -2.96. The molecule has 0 spiro atoms. The summed E-state index contributed by atoms with van der Waals surface area (Å²) in [7, 11) is -4.11. The van der Waals surface area contributed by atoms with Gasteiger partial charge in [-0.25, -0.2) is 8.42 Å². The minimum Gasteiger partial charge on any atom is -0.326 e. The molecule has 3 rings (SSSR count). The molecule has 138 valence electrons. The fourth-order valence-corrected chi connectivity index (χ4v) is 3.40. The van der Waals surface area contributed by atoms with Gasteiger partial charge in [0.05, 0.1) is 10.5 Å². The summed E-state index contributed by atoms with van der Waals surface area (Å²) in [6.45, 7) is 0. The molecule has 0 unspecified atom stereocenters. The maximum Gasteiger partial charge on any atom is 0.416 e. The molecule has 2 aromatic carbocycles. The molecule has 0 aromatic heterocycles. The molecule has 1 aliphatic carbocycles. The van der Waals surface area contributed by atoms with E-state index in [2.05, 4.69) is 10.0 Å².